The summed E-state index contributed by atoms with van der Waals surface area (Å²) in [6.07, 6.45) is 2.01. The highest BCUT2D eigenvalue weighted by Gasteiger charge is 2.21. The first-order valence-electron chi connectivity index (χ1n) is 11.0. The number of hydrogen-bond acceptors (Lipinski definition) is 4. The molecule has 3 aromatic carbocycles. The molecule has 6 heteroatoms. The van der Waals surface area contributed by atoms with Gasteiger partial charge in [0.15, 0.2) is 0 Å². The summed E-state index contributed by atoms with van der Waals surface area (Å²) in [4.78, 5) is 29.3. The minimum atomic E-state index is -0.179. The van der Waals surface area contributed by atoms with Gasteiger partial charge in [0.2, 0.25) is 5.91 Å². The van der Waals surface area contributed by atoms with Gasteiger partial charge < -0.3 is 16.0 Å². The van der Waals surface area contributed by atoms with E-state index in [9.17, 15) is 9.59 Å². The van der Waals surface area contributed by atoms with Crippen molar-refractivity contribution in [3.8, 4) is 0 Å². The topological polar surface area (TPSA) is 82.6 Å². The predicted octanol–water partition coefficient (Wildman–Crippen LogP) is 5.00. The van der Waals surface area contributed by atoms with Crippen LogP contribution in [0.25, 0.3) is 10.8 Å². The van der Waals surface area contributed by atoms with Gasteiger partial charge in [0, 0.05) is 16.9 Å². The van der Waals surface area contributed by atoms with Gasteiger partial charge in [-0.25, -0.2) is 0 Å². The number of amides is 2. The lowest BCUT2D eigenvalue weighted by atomic mass is 9.87. The molecular weight excluding hydrogens is 412 g/mol. The molecule has 3 N–H and O–H groups in total. The molecule has 0 unspecified atom stereocenters. The molecule has 0 saturated heterocycles. The number of fused-ring (bicyclic) bond motifs is 1. The first-order valence-corrected chi connectivity index (χ1v) is 11.0. The number of aliphatic imine (C=N–C) groups is 1. The van der Waals surface area contributed by atoms with Crippen LogP contribution in [0.5, 0.6) is 0 Å². The van der Waals surface area contributed by atoms with Crippen molar-refractivity contribution in [2.75, 3.05) is 23.7 Å². The normalized spacial score (nSPS) is 13.3. The molecule has 4 rings (SSSR count). The lowest BCUT2D eigenvalue weighted by molar-refractivity contribution is -0.115. The predicted molar refractivity (Wildman–Crippen MR) is 135 cm³/mol. The van der Waals surface area contributed by atoms with E-state index in [-0.39, 0.29) is 23.8 Å². The molecule has 0 radical (unpaired) electrons. The van der Waals surface area contributed by atoms with Crippen LogP contribution in [0.3, 0.4) is 0 Å². The van der Waals surface area contributed by atoms with Crippen molar-refractivity contribution < 1.29 is 9.59 Å². The summed E-state index contributed by atoms with van der Waals surface area (Å²) in [5.74, 6) is 0.395. The largest absolute Gasteiger partial charge is 0.361 e. The highest BCUT2D eigenvalue weighted by atomic mass is 16.2. The number of rotatable bonds is 5. The number of amidine groups is 1. The standard InChI is InChI=1S/C27H28N4O2/c1-27(2,3)21-15-24(28-16-21)29-17-25(32)30-22-10-12-23(13-11-22)31-26(33)20-9-8-18-6-4-5-7-19(18)14-20/h4-15H,16-17H2,1-3H3,(H,28,29)(H,30,32)(H,31,33). The Balaban J connectivity index is 1.29. The van der Waals surface area contributed by atoms with Gasteiger partial charge in [-0.1, -0.05) is 51.1 Å². The van der Waals surface area contributed by atoms with Crippen LogP contribution in [0.1, 0.15) is 31.1 Å². The molecule has 0 atom stereocenters. The van der Waals surface area contributed by atoms with Crippen LogP contribution in [-0.4, -0.2) is 30.7 Å². The number of anilines is 2. The number of benzene rings is 3. The van der Waals surface area contributed by atoms with E-state index in [0.29, 0.717) is 23.5 Å². The molecule has 0 saturated carbocycles. The maximum atomic E-state index is 12.6. The van der Waals surface area contributed by atoms with Gasteiger partial charge in [0.25, 0.3) is 5.91 Å². The Bertz CT molecular complexity index is 1250. The average molecular weight is 441 g/mol. The number of carbonyl (C=O) groups excluding carboxylic acids is 2. The first kappa shape index (κ1) is 22.3. The van der Waals surface area contributed by atoms with Crippen molar-refractivity contribution >= 4 is 39.8 Å². The van der Waals surface area contributed by atoms with E-state index in [4.69, 9.17) is 0 Å². The van der Waals surface area contributed by atoms with Crippen LogP contribution in [0.2, 0.25) is 0 Å². The quantitative estimate of drug-likeness (QED) is 0.522. The number of hydrogen-bond donors (Lipinski definition) is 3. The number of nitrogens with one attached hydrogen (secondary N) is 3. The van der Waals surface area contributed by atoms with Crippen LogP contribution in [0.15, 0.2) is 83.4 Å². The van der Waals surface area contributed by atoms with Gasteiger partial charge >= 0.3 is 0 Å². The first-order chi connectivity index (χ1) is 15.8. The zero-order chi connectivity index (χ0) is 23.4. The third kappa shape index (κ3) is 5.66. The Kier molecular flexibility index (Phi) is 6.27. The second-order valence-electron chi connectivity index (χ2n) is 9.12. The van der Waals surface area contributed by atoms with Crippen LogP contribution in [0, 0.1) is 5.41 Å². The van der Waals surface area contributed by atoms with Gasteiger partial charge in [-0.15, -0.1) is 0 Å². The van der Waals surface area contributed by atoms with E-state index in [0.717, 1.165) is 16.6 Å². The van der Waals surface area contributed by atoms with E-state index in [1.807, 2.05) is 48.5 Å². The SMILES string of the molecule is CC(C)(C)C1=CC(NCC(=O)Nc2ccc(NC(=O)c3ccc4ccccc4c3)cc2)=NC1. The molecule has 6 nitrogen and oxygen atoms in total. The van der Waals surface area contributed by atoms with Gasteiger partial charge in [0.1, 0.15) is 5.84 Å². The minimum absolute atomic E-state index is 0.0701. The molecule has 1 heterocycles. The van der Waals surface area contributed by atoms with Crippen molar-refractivity contribution in [3.63, 3.8) is 0 Å². The molecule has 2 amide bonds. The summed E-state index contributed by atoms with van der Waals surface area (Å²) >= 11 is 0. The van der Waals surface area contributed by atoms with E-state index < -0.39 is 0 Å². The Morgan fingerprint density at radius 3 is 2.21 bits per heavy atom. The Labute approximate surface area is 193 Å². The van der Waals surface area contributed by atoms with Crippen LogP contribution < -0.4 is 16.0 Å². The van der Waals surface area contributed by atoms with Gasteiger partial charge in [0.05, 0.1) is 13.1 Å². The van der Waals surface area contributed by atoms with Gasteiger partial charge in [-0.3, -0.25) is 14.6 Å². The second kappa shape index (κ2) is 9.28. The van der Waals surface area contributed by atoms with Crippen LogP contribution >= 0.6 is 0 Å². The van der Waals surface area contributed by atoms with Crippen molar-refractivity contribution in [2.24, 2.45) is 10.4 Å². The summed E-state index contributed by atoms with van der Waals surface area (Å²) in [5, 5.41) is 10.9. The van der Waals surface area contributed by atoms with Crippen LogP contribution in [-0.2, 0) is 4.79 Å². The fraction of sp³-hybridized carbons (Fsp3) is 0.222. The third-order valence-corrected chi connectivity index (χ3v) is 5.56. The molecule has 0 bridgehead atoms. The van der Waals surface area contributed by atoms with Crippen molar-refractivity contribution in [1.29, 1.82) is 0 Å². The highest BCUT2D eigenvalue weighted by molar-refractivity contribution is 6.06. The van der Waals surface area contributed by atoms with Gasteiger partial charge in [-0.05, 0) is 64.2 Å². The highest BCUT2D eigenvalue weighted by Crippen LogP contribution is 2.27. The zero-order valence-electron chi connectivity index (χ0n) is 19.1. The summed E-state index contributed by atoms with van der Waals surface area (Å²) < 4.78 is 0. The molecule has 33 heavy (non-hydrogen) atoms. The number of nitrogens with zero attached hydrogens (tertiary/aromatic N) is 1. The molecule has 0 spiro atoms. The van der Waals surface area contributed by atoms with Crippen molar-refractivity contribution in [3.05, 3.63) is 83.9 Å². The number of carbonyl (C=O) groups is 2. The van der Waals surface area contributed by atoms with Gasteiger partial charge in [-0.2, -0.15) is 0 Å². The monoisotopic (exact) mass is 440 g/mol. The fourth-order valence-corrected chi connectivity index (χ4v) is 3.53. The summed E-state index contributed by atoms with van der Waals surface area (Å²) in [6.45, 7) is 7.25. The molecule has 0 aliphatic carbocycles. The maximum absolute atomic E-state index is 12.6. The Hall–Kier alpha value is -3.93. The third-order valence-electron chi connectivity index (χ3n) is 5.56. The van der Waals surface area contributed by atoms with Crippen molar-refractivity contribution in [2.45, 2.75) is 20.8 Å². The lowest BCUT2D eigenvalue weighted by Crippen LogP contribution is -2.31. The molecule has 0 aromatic heterocycles. The molecule has 0 fully saturated rings. The van der Waals surface area contributed by atoms with Crippen LogP contribution in [0.4, 0.5) is 11.4 Å². The summed E-state index contributed by atoms with van der Waals surface area (Å²) in [6, 6.07) is 20.6. The summed E-state index contributed by atoms with van der Waals surface area (Å²) in [7, 11) is 0. The summed E-state index contributed by atoms with van der Waals surface area (Å²) in [5.41, 5.74) is 3.22. The maximum Gasteiger partial charge on any atom is 0.255 e. The molecule has 1 aliphatic heterocycles. The molecule has 1 aliphatic rings. The lowest BCUT2D eigenvalue weighted by Gasteiger charge is -2.18. The zero-order valence-corrected chi connectivity index (χ0v) is 19.1. The Morgan fingerprint density at radius 2 is 1.55 bits per heavy atom. The van der Waals surface area contributed by atoms with E-state index >= 15 is 0 Å². The molecular formula is C27H28N4O2. The smallest absolute Gasteiger partial charge is 0.255 e. The Morgan fingerprint density at radius 1 is 0.879 bits per heavy atom. The van der Waals surface area contributed by atoms with E-state index in [2.05, 4.69) is 41.7 Å². The minimum Gasteiger partial charge on any atom is -0.361 e. The molecule has 168 valence electrons. The fourth-order valence-electron chi connectivity index (χ4n) is 3.53. The second-order valence-corrected chi connectivity index (χ2v) is 9.12. The molecule has 3 aromatic rings. The van der Waals surface area contributed by atoms with E-state index in [1.165, 1.54) is 5.57 Å². The van der Waals surface area contributed by atoms with E-state index in [1.54, 1.807) is 24.3 Å². The average Bonchev–Trinajstić information content (AvgIpc) is 3.28. The van der Waals surface area contributed by atoms with Crippen molar-refractivity contribution in [1.82, 2.24) is 5.32 Å².